The first-order chi connectivity index (χ1) is 12.9. The Morgan fingerprint density at radius 3 is 2.44 bits per heavy atom. The summed E-state index contributed by atoms with van der Waals surface area (Å²) in [5.74, 6) is 1.80. The highest BCUT2D eigenvalue weighted by Crippen LogP contribution is 2.31. The van der Waals surface area contributed by atoms with Gasteiger partial charge in [0.25, 0.3) is 0 Å². The molecule has 27 heavy (non-hydrogen) atoms. The highest BCUT2D eigenvalue weighted by Gasteiger charge is 2.41. The largest absolute Gasteiger partial charge is 0.492 e. The van der Waals surface area contributed by atoms with Crippen LogP contribution in [0.5, 0.6) is 5.75 Å². The fraction of sp³-hybridized carbons (Fsp3) is 0.600. The smallest absolute Gasteiger partial charge is 0.317 e. The van der Waals surface area contributed by atoms with Gasteiger partial charge in [0, 0.05) is 38.8 Å². The summed E-state index contributed by atoms with van der Waals surface area (Å²) in [4.78, 5) is 16.5. The molecule has 3 atom stereocenters. The summed E-state index contributed by atoms with van der Waals surface area (Å²) in [7, 11) is 0. The lowest BCUT2D eigenvalue weighted by Crippen LogP contribution is -2.44. The number of carbonyl (C=O) groups is 1. The van der Waals surface area contributed by atoms with Crippen LogP contribution in [0.1, 0.15) is 19.4 Å². The van der Waals surface area contributed by atoms with Gasteiger partial charge in [-0.3, -0.25) is 0 Å². The van der Waals surface area contributed by atoms with Gasteiger partial charge in [-0.25, -0.2) is 4.79 Å². The Morgan fingerprint density at radius 1 is 1.26 bits per heavy atom. The van der Waals surface area contributed by atoms with Crippen molar-refractivity contribution in [2.45, 2.75) is 25.9 Å². The number of likely N-dealkylation sites (tertiary alicyclic amines) is 2. The zero-order chi connectivity index (χ0) is 19.4. The first-order valence-corrected chi connectivity index (χ1v) is 9.61. The second kappa shape index (κ2) is 8.59. The van der Waals surface area contributed by atoms with E-state index in [1.165, 1.54) is 0 Å². The average molecular weight is 371 g/mol. The minimum atomic E-state index is -0.0696. The molecule has 0 bridgehead atoms. The molecule has 2 aliphatic heterocycles. The van der Waals surface area contributed by atoms with Crippen LogP contribution in [0, 0.1) is 23.2 Å². The maximum atomic E-state index is 12.2. The fourth-order valence-corrected chi connectivity index (χ4v) is 3.96. The van der Waals surface area contributed by atoms with E-state index in [4.69, 9.17) is 15.7 Å². The number of rotatable bonds is 6. The van der Waals surface area contributed by atoms with E-state index in [1.807, 2.05) is 18.7 Å². The third-order valence-electron chi connectivity index (χ3n) is 5.20. The Kier molecular flexibility index (Phi) is 6.19. The van der Waals surface area contributed by atoms with Crippen molar-refractivity contribution in [1.29, 1.82) is 5.26 Å². The SMILES string of the molecule is CC(C)NC(=O)N1CC2CN(CC(N)COc3ccc(C#N)cc3)CC2C1. The third kappa shape index (κ3) is 5.12. The molecule has 3 N–H and O–H groups in total. The molecule has 0 spiro atoms. The highest BCUT2D eigenvalue weighted by atomic mass is 16.5. The lowest BCUT2D eigenvalue weighted by molar-refractivity contribution is 0.192. The molecule has 2 heterocycles. The summed E-state index contributed by atoms with van der Waals surface area (Å²) < 4.78 is 5.73. The van der Waals surface area contributed by atoms with Gasteiger partial charge in [0.05, 0.1) is 17.7 Å². The average Bonchev–Trinajstić information content (AvgIpc) is 3.18. The quantitative estimate of drug-likeness (QED) is 0.785. The number of hydrogen-bond donors (Lipinski definition) is 2. The summed E-state index contributed by atoms with van der Waals surface area (Å²) in [6.45, 7) is 8.84. The van der Waals surface area contributed by atoms with E-state index in [9.17, 15) is 4.79 Å². The summed E-state index contributed by atoms with van der Waals surface area (Å²) in [5.41, 5.74) is 6.86. The molecule has 2 aliphatic rings. The number of benzene rings is 1. The molecule has 146 valence electrons. The number of nitrogens with two attached hydrogens (primary N) is 1. The minimum absolute atomic E-state index is 0.0541. The minimum Gasteiger partial charge on any atom is -0.492 e. The standard InChI is InChI=1S/C20H29N5O2/c1-14(2)23-20(26)25-10-16-8-24(9-17(16)11-25)12-18(22)13-27-19-5-3-15(7-21)4-6-19/h3-6,14,16-18H,8-13,22H2,1-2H3,(H,23,26). The number of amides is 2. The number of carbonyl (C=O) groups excluding carboxylic acids is 1. The lowest BCUT2D eigenvalue weighted by atomic mass is 10.0. The second-order valence-corrected chi connectivity index (χ2v) is 7.96. The van der Waals surface area contributed by atoms with Crippen molar-refractivity contribution in [3.8, 4) is 11.8 Å². The molecule has 0 aliphatic carbocycles. The molecule has 0 aromatic heterocycles. The third-order valence-corrected chi connectivity index (χ3v) is 5.20. The van der Waals surface area contributed by atoms with E-state index in [2.05, 4.69) is 16.3 Å². The molecule has 2 amide bonds. The molecular weight excluding hydrogens is 342 g/mol. The van der Waals surface area contributed by atoms with Gasteiger partial charge in [-0.2, -0.15) is 5.26 Å². The zero-order valence-electron chi connectivity index (χ0n) is 16.1. The maximum absolute atomic E-state index is 12.2. The molecular formula is C20H29N5O2. The Balaban J connectivity index is 1.39. The van der Waals surface area contributed by atoms with E-state index >= 15 is 0 Å². The molecule has 3 rings (SSSR count). The first kappa shape index (κ1) is 19.5. The summed E-state index contributed by atoms with van der Waals surface area (Å²) in [5, 5.41) is 11.8. The topological polar surface area (TPSA) is 94.6 Å². The van der Waals surface area contributed by atoms with Crippen molar-refractivity contribution in [2.75, 3.05) is 39.3 Å². The van der Waals surface area contributed by atoms with Gasteiger partial charge in [0.1, 0.15) is 12.4 Å². The van der Waals surface area contributed by atoms with E-state index in [0.29, 0.717) is 24.0 Å². The van der Waals surface area contributed by atoms with Crippen LogP contribution in [0.4, 0.5) is 4.79 Å². The van der Waals surface area contributed by atoms with Crippen molar-refractivity contribution in [1.82, 2.24) is 15.1 Å². The molecule has 0 radical (unpaired) electrons. The van der Waals surface area contributed by atoms with E-state index in [1.54, 1.807) is 24.3 Å². The van der Waals surface area contributed by atoms with Gasteiger partial charge < -0.3 is 25.6 Å². The van der Waals surface area contributed by atoms with Crippen LogP contribution in [0.25, 0.3) is 0 Å². The van der Waals surface area contributed by atoms with Crippen LogP contribution in [0.2, 0.25) is 0 Å². The lowest BCUT2D eigenvalue weighted by Gasteiger charge is -2.24. The van der Waals surface area contributed by atoms with Crippen molar-refractivity contribution in [2.24, 2.45) is 17.6 Å². The summed E-state index contributed by atoms with van der Waals surface area (Å²) in [6, 6.07) is 9.31. The first-order valence-electron chi connectivity index (χ1n) is 9.61. The number of nitriles is 1. The molecule has 7 nitrogen and oxygen atoms in total. The van der Waals surface area contributed by atoms with Gasteiger partial charge >= 0.3 is 6.03 Å². The molecule has 2 saturated heterocycles. The molecule has 7 heteroatoms. The van der Waals surface area contributed by atoms with Crippen LogP contribution in [-0.4, -0.2) is 67.2 Å². The van der Waals surface area contributed by atoms with E-state index in [0.717, 1.165) is 38.5 Å². The Bertz CT molecular complexity index is 671. The van der Waals surface area contributed by atoms with Crippen LogP contribution in [0.15, 0.2) is 24.3 Å². The van der Waals surface area contributed by atoms with Crippen LogP contribution < -0.4 is 15.8 Å². The highest BCUT2D eigenvalue weighted by molar-refractivity contribution is 5.74. The Hall–Kier alpha value is -2.30. The molecule has 1 aromatic rings. The van der Waals surface area contributed by atoms with Crippen molar-refractivity contribution >= 4 is 6.03 Å². The monoisotopic (exact) mass is 371 g/mol. The molecule has 0 saturated carbocycles. The van der Waals surface area contributed by atoms with Crippen LogP contribution in [0.3, 0.4) is 0 Å². The van der Waals surface area contributed by atoms with E-state index < -0.39 is 0 Å². The Morgan fingerprint density at radius 2 is 1.89 bits per heavy atom. The van der Waals surface area contributed by atoms with Crippen LogP contribution >= 0.6 is 0 Å². The van der Waals surface area contributed by atoms with Gasteiger partial charge in [-0.1, -0.05) is 0 Å². The number of fused-ring (bicyclic) bond motifs is 1. The number of hydrogen-bond acceptors (Lipinski definition) is 5. The van der Waals surface area contributed by atoms with Gasteiger partial charge in [-0.05, 0) is 49.9 Å². The van der Waals surface area contributed by atoms with Crippen molar-refractivity contribution < 1.29 is 9.53 Å². The molecule has 2 fully saturated rings. The Labute approximate surface area is 161 Å². The number of nitrogens with zero attached hydrogens (tertiary/aromatic N) is 3. The van der Waals surface area contributed by atoms with E-state index in [-0.39, 0.29) is 18.1 Å². The van der Waals surface area contributed by atoms with Gasteiger partial charge in [0.15, 0.2) is 0 Å². The predicted octanol–water partition coefficient (Wildman–Crippen LogP) is 1.25. The summed E-state index contributed by atoms with van der Waals surface area (Å²) in [6.07, 6.45) is 0. The number of nitrogens with one attached hydrogen (secondary N) is 1. The maximum Gasteiger partial charge on any atom is 0.317 e. The predicted molar refractivity (Wildman–Crippen MR) is 103 cm³/mol. The van der Waals surface area contributed by atoms with Crippen molar-refractivity contribution in [3.05, 3.63) is 29.8 Å². The second-order valence-electron chi connectivity index (χ2n) is 7.96. The zero-order valence-corrected chi connectivity index (χ0v) is 16.1. The molecule has 3 unspecified atom stereocenters. The molecule has 1 aromatic carbocycles. The summed E-state index contributed by atoms with van der Waals surface area (Å²) >= 11 is 0. The fourth-order valence-electron chi connectivity index (χ4n) is 3.96. The van der Waals surface area contributed by atoms with Gasteiger partial charge in [0.2, 0.25) is 0 Å². The number of urea groups is 1. The number of ether oxygens (including phenoxy) is 1. The van der Waals surface area contributed by atoms with Crippen molar-refractivity contribution in [3.63, 3.8) is 0 Å². The van der Waals surface area contributed by atoms with Crippen LogP contribution in [-0.2, 0) is 0 Å². The normalized spacial score (nSPS) is 23.1. The van der Waals surface area contributed by atoms with Gasteiger partial charge in [-0.15, -0.1) is 0 Å².